The number of nitrogens with zero attached hydrogens (tertiary/aromatic N) is 3. The number of aromatic nitrogens is 3. The third kappa shape index (κ3) is 3.72. The minimum atomic E-state index is 0.510. The third-order valence-corrected chi connectivity index (χ3v) is 2.93. The van der Waals surface area contributed by atoms with Gasteiger partial charge < -0.3 is 9.47 Å². The van der Waals surface area contributed by atoms with Gasteiger partial charge in [-0.15, -0.1) is 0 Å². The van der Waals surface area contributed by atoms with E-state index in [0.29, 0.717) is 24.0 Å². The quantitative estimate of drug-likeness (QED) is 0.849. The Kier molecular flexibility index (Phi) is 4.41. The Morgan fingerprint density at radius 2 is 2.29 bits per heavy atom. The van der Waals surface area contributed by atoms with Crippen molar-refractivity contribution in [2.24, 2.45) is 0 Å². The molecule has 90 valence electrons. The van der Waals surface area contributed by atoms with Crippen LogP contribution in [0.2, 0.25) is 0 Å². The van der Waals surface area contributed by atoms with E-state index in [1.54, 1.807) is 19.5 Å². The lowest BCUT2D eigenvalue weighted by molar-refractivity contribution is 0.200. The molecule has 7 heteroatoms. The van der Waals surface area contributed by atoms with Gasteiger partial charge in [0.1, 0.15) is 11.6 Å². The van der Waals surface area contributed by atoms with Gasteiger partial charge in [-0.3, -0.25) is 4.98 Å². The molecule has 0 aliphatic rings. The van der Waals surface area contributed by atoms with Crippen molar-refractivity contribution in [3.05, 3.63) is 28.8 Å². The number of methoxy groups -OCH3 is 1. The molecular formula is C10H10BrN3O2S. The summed E-state index contributed by atoms with van der Waals surface area (Å²) in [6.45, 7) is 0.606. The van der Waals surface area contributed by atoms with Gasteiger partial charge in [0.15, 0.2) is 0 Å². The van der Waals surface area contributed by atoms with Gasteiger partial charge in [0.25, 0.3) is 5.19 Å². The summed E-state index contributed by atoms with van der Waals surface area (Å²) >= 11 is 4.54. The SMILES string of the molecule is COCCc1nsc(Oc2cncc(Br)c2)n1. The molecule has 0 saturated carbocycles. The molecule has 0 unspecified atom stereocenters. The van der Waals surface area contributed by atoms with Crippen LogP contribution in [0, 0.1) is 0 Å². The van der Waals surface area contributed by atoms with Crippen LogP contribution < -0.4 is 4.74 Å². The van der Waals surface area contributed by atoms with E-state index < -0.39 is 0 Å². The van der Waals surface area contributed by atoms with Crippen molar-refractivity contribution in [1.29, 1.82) is 0 Å². The van der Waals surface area contributed by atoms with Crippen LogP contribution in [-0.2, 0) is 11.2 Å². The molecule has 0 bridgehead atoms. The molecule has 0 spiro atoms. The van der Waals surface area contributed by atoms with E-state index in [-0.39, 0.29) is 0 Å². The number of ether oxygens (including phenoxy) is 2. The van der Waals surface area contributed by atoms with Gasteiger partial charge in [0.2, 0.25) is 0 Å². The molecule has 0 saturated heterocycles. The van der Waals surface area contributed by atoms with Crippen molar-refractivity contribution in [1.82, 2.24) is 14.3 Å². The van der Waals surface area contributed by atoms with Crippen LogP contribution in [0.15, 0.2) is 22.9 Å². The molecule has 2 aromatic heterocycles. The van der Waals surface area contributed by atoms with Crippen molar-refractivity contribution in [3.8, 4) is 10.9 Å². The van der Waals surface area contributed by atoms with Crippen molar-refractivity contribution >= 4 is 27.5 Å². The lowest BCUT2D eigenvalue weighted by atomic mass is 10.4. The number of halogens is 1. The predicted molar refractivity (Wildman–Crippen MR) is 67.5 cm³/mol. The molecule has 0 atom stereocenters. The highest BCUT2D eigenvalue weighted by Gasteiger charge is 2.06. The normalized spacial score (nSPS) is 10.5. The zero-order valence-corrected chi connectivity index (χ0v) is 11.5. The number of rotatable bonds is 5. The van der Waals surface area contributed by atoms with Crippen molar-refractivity contribution in [3.63, 3.8) is 0 Å². The summed E-state index contributed by atoms with van der Waals surface area (Å²) < 4.78 is 15.5. The van der Waals surface area contributed by atoms with Gasteiger partial charge in [-0.05, 0) is 22.0 Å². The fourth-order valence-electron chi connectivity index (χ4n) is 1.12. The minimum absolute atomic E-state index is 0.510. The number of hydrogen-bond donors (Lipinski definition) is 0. The zero-order chi connectivity index (χ0) is 12.1. The average Bonchev–Trinajstić information content (AvgIpc) is 2.74. The number of hydrogen-bond acceptors (Lipinski definition) is 6. The summed E-state index contributed by atoms with van der Waals surface area (Å²) in [4.78, 5) is 8.24. The van der Waals surface area contributed by atoms with E-state index in [1.807, 2.05) is 6.07 Å². The molecule has 5 nitrogen and oxygen atoms in total. The van der Waals surface area contributed by atoms with E-state index in [1.165, 1.54) is 11.5 Å². The first-order valence-electron chi connectivity index (χ1n) is 4.88. The fraction of sp³-hybridized carbons (Fsp3) is 0.300. The Morgan fingerprint density at radius 3 is 3.06 bits per heavy atom. The van der Waals surface area contributed by atoms with Gasteiger partial charge in [-0.2, -0.15) is 9.36 Å². The van der Waals surface area contributed by atoms with Crippen LogP contribution in [-0.4, -0.2) is 28.1 Å². The van der Waals surface area contributed by atoms with Crippen LogP contribution in [0.1, 0.15) is 5.82 Å². The van der Waals surface area contributed by atoms with E-state index in [4.69, 9.17) is 9.47 Å². The Hall–Kier alpha value is -1.05. The smallest absolute Gasteiger partial charge is 0.298 e. The number of pyridine rings is 1. The van der Waals surface area contributed by atoms with Crippen LogP contribution in [0.3, 0.4) is 0 Å². The van der Waals surface area contributed by atoms with Gasteiger partial charge >= 0.3 is 0 Å². The molecule has 0 N–H and O–H groups in total. The maximum atomic E-state index is 5.53. The Morgan fingerprint density at radius 1 is 1.41 bits per heavy atom. The van der Waals surface area contributed by atoms with Gasteiger partial charge in [0.05, 0.1) is 12.8 Å². The zero-order valence-electron chi connectivity index (χ0n) is 9.09. The van der Waals surface area contributed by atoms with Crippen LogP contribution in [0.5, 0.6) is 10.9 Å². The van der Waals surface area contributed by atoms with Gasteiger partial charge in [0, 0.05) is 35.7 Å². The minimum Gasteiger partial charge on any atom is -0.428 e. The van der Waals surface area contributed by atoms with Crippen LogP contribution in [0.4, 0.5) is 0 Å². The van der Waals surface area contributed by atoms with Crippen molar-refractivity contribution in [2.75, 3.05) is 13.7 Å². The Bertz CT molecular complexity index is 492. The topological polar surface area (TPSA) is 57.1 Å². The van der Waals surface area contributed by atoms with E-state index in [2.05, 4.69) is 30.3 Å². The second-order valence-corrected chi connectivity index (χ2v) is 4.79. The molecule has 0 aliphatic carbocycles. The molecule has 0 radical (unpaired) electrons. The Balaban J connectivity index is 2.01. The molecule has 0 aromatic carbocycles. The highest BCUT2D eigenvalue weighted by molar-refractivity contribution is 9.10. The molecule has 2 aromatic rings. The maximum absolute atomic E-state index is 5.53. The van der Waals surface area contributed by atoms with E-state index in [0.717, 1.165) is 10.3 Å². The fourth-order valence-corrected chi connectivity index (χ4v) is 2.06. The first-order chi connectivity index (χ1) is 8.28. The standard InChI is InChI=1S/C10H10BrN3O2S/c1-15-3-2-9-13-10(17-14-9)16-8-4-7(11)5-12-6-8/h4-6H,2-3H2,1H3. The molecule has 0 fully saturated rings. The summed E-state index contributed by atoms with van der Waals surface area (Å²) in [5.41, 5.74) is 0. The monoisotopic (exact) mass is 315 g/mol. The third-order valence-electron chi connectivity index (χ3n) is 1.86. The van der Waals surface area contributed by atoms with Gasteiger partial charge in [-0.1, -0.05) is 0 Å². The van der Waals surface area contributed by atoms with Crippen LogP contribution >= 0.6 is 27.5 Å². The Labute approximate surface area is 111 Å². The van der Waals surface area contributed by atoms with E-state index in [9.17, 15) is 0 Å². The summed E-state index contributed by atoms with van der Waals surface area (Å²) in [6, 6.07) is 1.82. The predicted octanol–water partition coefficient (Wildman–Crippen LogP) is 2.68. The van der Waals surface area contributed by atoms with E-state index >= 15 is 0 Å². The van der Waals surface area contributed by atoms with Crippen LogP contribution in [0.25, 0.3) is 0 Å². The molecular weight excluding hydrogens is 306 g/mol. The summed E-state index contributed by atoms with van der Waals surface area (Å²) in [7, 11) is 1.65. The second kappa shape index (κ2) is 6.04. The molecule has 2 heterocycles. The van der Waals surface area contributed by atoms with Crippen molar-refractivity contribution in [2.45, 2.75) is 6.42 Å². The first kappa shape index (κ1) is 12.4. The van der Waals surface area contributed by atoms with Crippen molar-refractivity contribution < 1.29 is 9.47 Å². The van der Waals surface area contributed by atoms with Gasteiger partial charge in [-0.25, -0.2) is 0 Å². The lowest BCUT2D eigenvalue weighted by Gasteiger charge is -1.99. The largest absolute Gasteiger partial charge is 0.428 e. The summed E-state index contributed by atoms with van der Waals surface area (Å²) in [6.07, 6.45) is 4.01. The first-order valence-corrected chi connectivity index (χ1v) is 6.44. The molecule has 0 aliphatic heterocycles. The lowest BCUT2D eigenvalue weighted by Crippen LogP contribution is -1.96. The highest BCUT2D eigenvalue weighted by Crippen LogP contribution is 2.24. The average molecular weight is 316 g/mol. The second-order valence-electron chi connectivity index (χ2n) is 3.16. The highest BCUT2D eigenvalue weighted by atomic mass is 79.9. The maximum Gasteiger partial charge on any atom is 0.298 e. The summed E-state index contributed by atoms with van der Waals surface area (Å²) in [5.74, 6) is 1.36. The molecule has 17 heavy (non-hydrogen) atoms. The molecule has 0 amide bonds. The summed E-state index contributed by atoms with van der Waals surface area (Å²) in [5, 5.41) is 0.510. The molecule has 2 rings (SSSR count).